The Kier molecular flexibility index (Phi) is 6.18. The Morgan fingerprint density at radius 2 is 1.83 bits per heavy atom. The lowest BCUT2D eigenvalue weighted by molar-refractivity contribution is -0.121. The molecule has 1 N–H and O–H groups in total. The van der Waals surface area contributed by atoms with Crippen LogP contribution in [0.4, 0.5) is 0 Å². The zero-order valence-electron chi connectivity index (χ0n) is 19.9. The number of nitrogens with one attached hydrogen (secondary N) is 1. The minimum absolute atomic E-state index is 0.0866. The maximum atomic E-state index is 13.2. The Labute approximate surface area is 203 Å². The van der Waals surface area contributed by atoms with Gasteiger partial charge in [-0.15, -0.1) is 0 Å². The summed E-state index contributed by atoms with van der Waals surface area (Å²) in [7, 11) is 3.23. The van der Waals surface area contributed by atoms with Gasteiger partial charge in [0, 0.05) is 37.3 Å². The molecule has 5 rings (SSSR count). The summed E-state index contributed by atoms with van der Waals surface area (Å²) >= 11 is 0. The molecule has 0 saturated heterocycles. The maximum Gasteiger partial charge on any atom is 0.231 e. The number of aryl methyl sites for hydroxylation is 1. The molecule has 0 bridgehead atoms. The number of carbonyl (C=O) groups excluding carboxylic acids is 1. The van der Waals surface area contributed by atoms with Gasteiger partial charge >= 0.3 is 0 Å². The fourth-order valence-corrected chi connectivity index (χ4v) is 4.29. The lowest BCUT2D eigenvalue weighted by atomic mass is 9.91. The Balaban J connectivity index is 1.43. The first kappa shape index (κ1) is 22.6. The molecule has 2 aromatic heterocycles. The summed E-state index contributed by atoms with van der Waals surface area (Å²) in [4.78, 5) is 17.8. The van der Waals surface area contributed by atoms with Crippen LogP contribution in [0.25, 0.3) is 5.65 Å². The van der Waals surface area contributed by atoms with Crippen molar-refractivity contribution in [2.45, 2.75) is 25.8 Å². The average molecular weight is 474 g/mol. The van der Waals surface area contributed by atoms with Crippen LogP contribution in [-0.4, -0.2) is 36.3 Å². The molecule has 3 heterocycles. The Hall–Kier alpha value is -4.20. The van der Waals surface area contributed by atoms with Crippen LogP contribution in [0.3, 0.4) is 0 Å². The van der Waals surface area contributed by atoms with Crippen LogP contribution in [0.5, 0.6) is 23.0 Å². The van der Waals surface area contributed by atoms with Crippen molar-refractivity contribution in [2.24, 2.45) is 0 Å². The summed E-state index contributed by atoms with van der Waals surface area (Å²) < 4.78 is 23.8. The van der Waals surface area contributed by atoms with E-state index < -0.39 is 0 Å². The van der Waals surface area contributed by atoms with Gasteiger partial charge in [-0.05, 0) is 60.0 Å². The van der Waals surface area contributed by atoms with E-state index in [0.29, 0.717) is 23.8 Å². The van der Waals surface area contributed by atoms with Crippen molar-refractivity contribution in [3.8, 4) is 23.0 Å². The number of methoxy groups -OCH3 is 2. The van der Waals surface area contributed by atoms with Crippen LogP contribution in [0.1, 0.15) is 34.7 Å². The second-order valence-electron chi connectivity index (χ2n) is 8.48. The van der Waals surface area contributed by atoms with Gasteiger partial charge in [-0.1, -0.05) is 6.07 Å². The van der Waals surface area contributed by atoms with Gasteiger partial charge in [0.05, 0.1) is 19.9 Å². The average Bonchev–Trinajstić information content (AvgIpc) is 3.51. The van der Waals surface area contributed by atoms with Crippen LogP contribution in [-0.2, 0) is 11.3 Å². The highest BCUT2D eigenvalue weighted by Gasteiger charge is 2.24. The molecule has 2 aromatic carbocycles. The molecule has 1 atom stereocenters. The fraction of sp³-hybridized carbons (Fsp3) is 0.259. The highest BCUT2D eigenvalue weighted by molar-refractivity contribution is 5.77. The van der Waals surface area contributed by atoms with E-state index in [2.05, 4.69) is 10.3 Å². The molecule has 180 valence electrons. The maximum absolute atomic E-state index is 13.2. The standard InChI is InChI=1S/C27H27N3O5/c1-17-6-7-30-23(15-28-26(30)8-17)22(19-10-20(32-2)12-21(11-19)33-3)13-27(31)29-14-18-4-5-24-25(9-18)35-16-34-24/h4-12,15,22H,13-14,16H2,1-3H3,(H,29,31). The van der Waals surface area contributed by atoms with Gasteiger partial charge in [0.15, 0.2) is 11.5 Å². The highest BCUT2D eigenvalue weighted by atomic mass is 16.7. The summed E-state index contributed by atoms with van der Waals surface area (Å²) in [6.07, 6.45) is 4.04. The van der Waals surface area contributed by atoms with E-state index in [0.717, 1.165) is 33.8 Å². The van der Waals surface area contributed by atoms with E-state index in [-0.39, 0.29) is 25.0 Å². The predicted molar refractivity (Wildman–Crippen MR) is 130 cm³/mol. The molecule has 0 fully saturated rings. The van der Waals surface area contributed by atoms with Gasteiger partial charge in [-0.25, -0.2) is 4.98 Å². The number of hydrogen-bond acceptors (Lipinski definition) is 6. The number of aromatic nitrogens is 2. The van der Waals surface area contributed by atoms with Crippen molar-refractivity contribution in [3.63, 3.8) is 0 Å². The normalized spacial score (nSPS) is 13.0. The van der Waals surface area contributed by atoms with Crippen LogP contribution < -0.4 is 24.3 Å². The topological polar surface area (TPSA) is 83.3 Å². The van der Waals surface area contributed by atoms with Gasteiger partial charge in [-0.3, -0.25) is 4.79 Å². The molecule has 8 nitrogen and oxygen atoms in total. The number of fused-ring (bicyclic) bond motifs is 2. The second kappa shape index (κ2) is 9.58. The number of amides is 1. The third-order valence-electron chi connectivity index (χ3n) is 6.15. The van der Waals surface area contributed by atoms with Crippen molar-refractivity contribution in [1.29, 1.82) is 0 Å². The van der Waals surface area contributed by atoms with Crippen LogP contribution in [0, 0.1) is 6.92 Å². The van der Waals surface area contributed by atoms with Crippen LogP contribution in [0.15, 0.2) is 60.9 Å². The second-order valence-corrected chi connectivity index (χ2v) is 8.48. The van der Waals surface area contributed by atoms with E-state index in [4.69, 9.17) is 18.9 Å². The van der Waals surface area contributed by atoms with E-state index in [9.17, 15) is 4.79 Å². The van der Waals surface area contributed by atoms with Crippen molar-refractivity contribution in [3.05, 3.63) is 83.3 Å². The van der Waals surface area contributed by atoms with Crippen molar-refractivity contribution < 1.29 is 23.7 Å². The van der Waals surface area contributed by atoms with Gasteiger partial charge in [0.2, 0.25) is 12.7 Å². The third-order valence-corrected chi connectivity index (χ3v) is 6.15. The number of hydrogen-bond donors (Lipinski definition) is 1. The van der Waals surface area contributed by atoms with Gasteiger partial charge in [0.1, 0.15) is 17.1 Å². The first-order valence-corrected chi connectivity index (χ1v) is 11.4. The number of rotatable bonds is 8. The molecule has 0 radical (unpaired) electrons. The lowest BCUT2D eigenvalue weighted by Gasteiger charge is -2.19. The fourth-order valence-electron chi connectivity index (χ4n) is 4.29. The number of pyridine rings is 1. The zero-order valence-corrected chi connectivity index (χ0v) is 19.9. The third kappa shape index (κ3) is 4.73. The van der Waals surface area contributed by atoms with Crippen molar-refractivity contribution >= 4 is 11.6 Å². The van der Waals surface area contributed by atoms with Gasteiger partial charge in [-0.2, -0.15) is 0 Å². The number of carbonyl (C=O) groups is 1. The molecule has 1 aliphatic rings. The van der Waals surface area contributed by atoms with Gasteiger partial charge < -0.3 is 28.7 Å². The number of nitrogens with zero attached hydrogens (tertiary/aromatic N) is 2. The number of benzene rings is 2. The van der Waals surface area contributed by atoms with Crippen molar-refractivity contribution in [2.75, 3.05) is 21.0 Å². The lowest BCUT2D eigenvalue weighted by Crippen LogP contribution is -2.25. The van der Waals surface area contributed by atoms with Crippen molar-refractivity contribution in [1.82, 2.24) is 14.7 Å². The molecule has 0 aliphatic carbocycles. The molecule has 4 aromatic rings. The monoisotopic (exact) mass is 473 g/mol. The zero-order chi connectivity index (χ0) is 24.4. The number of imidazole rings is 1. The molecule has 1 amide bonds. The van der Waals surface area contributed by atoms with Crippen LogP contribution in [0.2, 0.25) is 0 Å². The summed E-state index contributed by atoms with van der Waals surface area (Å²) in [6.45, 7) is 2.63. The van der Waals surface area contributed by atoms with E-state index in [1.807, 2.05) is 72.2 Å². The molecule has 8 heteroatoms. The molecule has 35 heavy (non-hydrogen) atoms. The van der Waals surface area contributed by atoms with E-state index in [1.165, 1.54) is 0 Å². The predicted octanol–water partition coefficient (Wildman–Crippen LogP) is 4.23. The minimum atomic E-state index is -0.270. The first-order valence-electron chi connectivity index (χ1n) is 11.4. The van der Waals surface area contributed by atoms with Gasteiger partial charge in [0.25, 0.3) is 0 Å². The quantitative estimate of drug-likeness (QED) is 0.412. The summed E-state index contributed by atoms with van der Waals surface area (Å²) in [5.41, 5.74) is 4.71. The smallest absolute Gasteiger partial charge is 0.231 e. The molecule has 1 unspecified atom stereocenters. The van der Waals surface area contributed by atoms with E-state index >= 15 is 0 Å². The number of ether oxygens (including phenoxy) is 4. The summed E-state index contributed by atoms with van der Waals surface area (Å²) in [5.74, 6) is 2.38. The summed E-state index contributed by atoms with van der Waals surface area (Å²) in [6, 6.07) is 15.4. The Morgan fingerprint density at radius 1 is 1.06 bits per heavy atom. The highest BCUT2D eigenvalue weighted by Crippen LogP contribution is 2.35. The molecular formula is C27H27N3O5. The SMILES string of the molecule is COc1cc(OC)cc(C(CC(=O)NCc2ccc3c(c2)OCO3)c2cnc3cc(C)ccn23)c1. The first-order chi connectivity index (χ1) is 17.0. The molecular weight excluding hydrogens is 446 g/mol. The molecule has 1 aliphatic heterocycles. The molecule has 0 saturated carbocycles. The van der Waals surface area contributed by atoms with Crippen LogP contribution >= 0.6 is 0 Å². The molecule has 0 spiro atoms. The summed E-state index contributed by atoms with van der Waals surface area (Å²) in [5, 5.41) is 3.04. The minimum Gasteiger partial charge on any atom is -0.497 e. The van der Waals surface area contributed by atoms with E-state index in [1.54, 1.807) is 14.2 Å². The largest absolute Gasteiger partial charge is 0.497 e. The Bertz CT molecular complexity index is 1360. The Morgan fingerprint density at radius 3 is 2.60 bits per heavy atom.